The van der Waals surface area contributed by atoms with Gasteiger partial charge in [-0.2, -0.15) is 5.10 Å². The minimum absolute atomic E-state index is 0.807. The molecule has 2 heterocycles. The lowest BCUT2D eigenvalue weighted by molar-refractivity contribution is 0.682. The van der Waals surface area contributed by atoms with E-state index in [1.807, 2.05) is 36.5 Å². The fourth-order valence-corrected chi connectivity index (χ4v) is 1.49. The summed E-state index contributed by atoms with van der Waals surface area (Å²) in [7, 11) is 1.93. The summed E-state index contributed by atoms with van der Waals surface area (Å²) in [5.41, 5.74) is 2.35. The standard InChI is InChI=1S/C11H15N5/c1-16-8-10(7-15-16)2-3-12-4-11-5-13-9-14-6-11/h5-9,12H,2-4H2,1H3. The number of nitrogens with zero attached hydrogens (tertiary/aromatic N) is 4. The van der Waals surface area contributed by atoms with Crippen molar-refractivity contribution in [2.24, 2.45) is 7.05 Å². The van der Waals surface area contributed by atoms with E-state index in [2.05, 4.69) is 20.4 Å². The van der Waals surface area contributed by atoms with Crippen molar-refractivity contribution in [1.29, 1.82) is 0 Å². The maximum Gasteiger partial charge on any atom is 0.115 e. The molecular formula is C11H15N5. The van der Waals surface area contributed by atoms with Crippen molar-refractivity contribution in [3.05, 3.63) is 42.2 Å². The molecule has 0 aromatic carbocycles. The first-order chi connectivity index (χ1) is 7.84. The van der Waals surface area contributed by atoms with E-state index in [4.69, 9.17) is 0 Å². The molecule has 2 aromatic rings. The van der Waals surface area contributed by atoms with Crippen LogP contribution in [-0.4, -0.2) is 26.3 Å². The summed E-state index contributed by atoms with van der Waals surface area (Å²) >= 11 is 0. The van der Waals surface area contributed by atoms with Crippen LogP contribution in [0.15, 0.2) is 31.1 Å². The zero-order chi connectivity index (χ0) is 11.2. The van der Waals surface area contributed by atoms with Gasteiger partial charge in [-0.15, -0.1) is 0 Å². The van der Waals surface area contributed by atoms with E-state index in [1.165, 1.54) is 5.56 Å². The fraction of sp³-hybridized carbons (Fsp3) is 0.364. The highest BCUT2D eigenvalue weighted by Crippen LogP contribution is 1.97. The highest BCUT2D eigenvalue weighted by atomic mass is 15.2. The molecule has 2 rings (SSSR count). The fourth-order valence-electron chi connectivity index (χ4n) is 1.49. The first-order valence-electron chi connectivity index (χ1n) is 5.27. The normalized spacial score (nSPS) is 10.6. The Kier molecular flexibility index (Phi) is 3.61. The molecule has 0 spiro atoms. The second-order valence-electron chi connectivity index (χ2n) is 3.70. The van der Waals surface area contributed by atoms with Crippen molar-refractivity contribution < 1.29 is 0 Å². The predicted octanol–water partition coefficient (Wildman–Crippen LogP) is 0.542. The van der Waals surface area contributed by atoms with Gasteiger partial charge in [-0.3, -0.25) is 4.68 Å². The molecule has 2 aromatic heterocycles. The van der Waals surface area contributed by atoms with Crippen LogP contribution < -0.4 is 5.32 Å². The lowest BCUT2D eigenvalue weighted by atomic mass is 10.2. The Hall–Kier alpha value is -1.75. The minimum atomic E-state index is 0.807. The van der Waals surface area contributed by atoms with E-state index in [0.29, 0.717) is 0 Å². The predicted molar refractivity (Wildman–Crippen MR) is 60.7 cm³/mol. The molecule has 0 unspecified atom stereocenters. The molecule has 5 nitrogen and oxygen atoms in total. The molecule has 0 bridgehead atoms. The number of hydrogen-bond donors (Lipinski definition) is 1. The van der Waals surface area contributed by atoms with Crippen molar-refractivity contribution in [3.63, 3.8) is 0 Å². The average Bonchev–Trinajstić information content (AvgIpc) is 2.72. The van der Waals surface area contributed by atoms with Crippen LogP contribution in [0.25, 0.3) is 0 Å². The van der Waals surface area contributed by atoms with E-state index in [0.717, 1.165) is 25.1 Å². The van der Waals surface area contributed by atoms with E-state index in [9.17, 15) is 0 Å². The molecule has 1 N–H and O–H groups in total. The van der Waals surface area contributed by atoms with Gasteiger partial charge in [-0.25, -0.2) is 9.97 Å². The van der Waals surface area contributed by atoms with Gasteiger partial charge in [0.25, 0.3) is 0 Å². The molecule has 0 aliphatic carbocycles. The van der Waals surface area contributed by atoms with Crippen molar-refractivity contribution in [2.45, 2.75) is 13.0 Å². The molecule has 84 valence electrons. The highest BCUT2D eigenvalue weighted by molar-refractivity contribution is 5.05. The van der Waals surface area contributed by atoms with E-state index >= 15 is 0 Å². The average molecular weight is 217 g/mol. The van der Waals surface area contributed by atoms with Crippen LogP contribution in [0, 0.1) is 0 Å². The number of rotatable bonds is 5. The second kappa shape index (κ2) is 5.37. The van der Waals surface area contributed by atoms with Gasteiger partial charge in [0.2, 0.25) is 0 Å². The van der Waals surface area contributed by atoms with Gasteiger partial charge < -0.3 is 5.32 Å². The molecule has 0 fully saturated rings. The number of aromatic nitrogens is 4. The zero-order valence-electron chi connectivity index (χ0n) is 9.30. The summed E-state index contributed by atoms with van der Waals surface area (Å²) in [5, 5.41) is 7.46. The van der Waals surface area contributed by atoms with Gasteiger partial charge in [0.05, 0.1) is 6.20 Å². The third-order valence-electron chi connectivity index (χ3n) is 2.29. The van der Waals surface area contributed by atoms with Gasteiger partial charge in [0, 0.05) is 37.7 Å². The van der Waals surface area contributed by atoms with E-state index in [-0.39, 0.29) is 0 Å². The minimum Gasteiger partial charge on any atom is -0.312 e. The van der Waals surface area contributed by atoms with Crippen LogP contribution in [0.2, 0.25) is 0 Å². The van der Waals surface area contributed by atoms with Gasteiger partial charge in [0.1, 0.15) is 6.33 Å². The number of nitrogens with one attached hydrogen (secondary N) is 1. The molecule has 16 heavy (non-hydrogen) atoms. The SMILES string of the molecule is Cn1cc(CCNCc2cncnc2)cn1. The Balaban J connectivity index is 1.69. The maximum absolute atomic E-state index is 4.12. The smallest absolute Gasteiger partial charge is 0.115 e. The third kappa shape index (κ3) is 3.13. The monoisotopic (exact) mass is 217 g/mol. The van der Waals surface area contributed by atoms with Crippen LogP contribution in [0.1, 0.15) is 11.1 Å². The van der Waals surface area contributed by atoms with Crippen molar-refractivity contribution in [2.75, 3.05) is 6.54 Å². The molecule has 0 aliphatic heterocycles. The van der Waals surface area contributed by atoms with Crippen molar-refractivity contribution >= 4 is 0 Å². The summed E-state index contributed by atoms with van der Waals surface area (Å²) in [6.07, 6.45) is 10.1. The topological polar surface area (TPSA) is 55.6 Å². The van der Waals surface area contributed by atoms with Gasteiger partial charge >= 0.3 is 0 Å². The first-order valence-corrected chi connectivity index (χ1v) is 5.27. The van der Waals surface area contributed by atoms with Crippen LogP contribution in [0.4, 0.5) is 0 Å². The van der Waals surface area contributed by atoms with Crippen molar-refractivity contribution in [3.8, 4) is 0 Å². The lowest BCUT2D eigenvalue weighted by Crippen LogP contribution is -2.16. The van der Waals surface area contributed by atoms with Crippen LogP contribution in [0.3, 0.4) is 0 Å². The zero-order valence-corrected chi connectivity index (χ0v) is 9.30. The van der Waals surface area contributed by atoms with Crippen molar-refractivity contribution in [1.82, 2.24) is 25.1 Å². The molecule has 0 aliphatic rings. The molecule has 5 heteroatoms. The quantitative estimate of drug-likeness (QED) is 0.743. The van der Waals surface area contributed by atoms with Gasteiger partial charge in [-0.05, 0) is 18.5 Å². The van der Waals surface area contributed by atoms with Crippen LogP contribution in [0.5, 0.6) is 0 Å². The Labute approximate surface area is 94.5 Å². The Bertz CT molecular complexity index is 423. The molecule has 0 saturated heterocycles. The summed E-state index contributed by atoms with van der Waals surface area (Å²) in [5.74, 6) is 0. The third-order valence-corrected chi connectivity index (χ3v) is 2.29. The summed E-state index contributed by atoms with van der Waals surface area (Å²) in [6.45, 7) is 1.74. The first kappa shape index (κ1) is 10.8. The highest BCUT2D eigenvalue weighted by Gasteiger charge is 1.96. The van der Waals surface area contributed by atoms with E-state index < -0.39 is 0 Å². The molecule has 0 atom stereocenters. The van der Waals surface area contributed by atoms with Crippen LogP contribution >= 0.6 is 0 Å². The summed E-state index contributed by atoms with van der Waals surface area (Å²) in [4.78, 5) is 7.92. The van der Waals surface area contributed by atoms with E-state index in [1.54, 1.807) is 6.33 Å². The number of hydrogen-bond acceptors (Lipinski definition) is 4. The second-order valence-corrected chi connectivity index (χ2v) is 3.70. The van der Waals surface area contributed by atoms with Crippen LogP contribution in [-0.2, 0) is 20.0 Å². The molecular weight excluding hydrogens is 202 g/mol. The lowest BCUT2D eigenvalue weighted by Gasteiger charge is -2.02. The van der Waals surface area contributed by atoms with Gasteiger partial charge in [-0.1, -0.05) is 0 Å². The summed E-state index contributed by atoms with van der Waals surface area (Å²) in [6, 6.07) is 0. The maximum atomic E-state index is 4.12. The van der Waals surface area contributed by atoms with Gasteiger partial charge in [0.15, 0.2) is 0 Å². The molecule has 0 saturated carbocycles. The largest absolute Gasteiger partial charge is 0.312 e. The Morgan fingerprint density at radius 3 is 2.69 bits per heavy atom. The molecule has 0 amide bonds. The summed E-state index contributed by atoms with van der Waals surface area (Å²) < 4.78 is 1.82. The Morgan fingerprint density at radius 2 is 2.00 bits per heavy atom. The molecule has 0 radical (unpaired) electrons. The Morgan fingerprint density at radius 1 is 1.19 bits per heavy atom. The number of aryl methyl sites for hydroxylation is 1.